The summed E-state index contributed by atoms with van der Waals surface area (Å²) < 4.78 is 31.4. The Hall–Kier alpha value is -1.000. The fraction of sp³-hybridized carbons (Fsp3) is 0.214. The molecule has 6 nitrogen and oxygen atoms in total. The number of hydrogen-bond acceptors (Lipinski definition) is 5. The summed E-state index contributed by atoms with van der Waals surface area (Å²) in [7, 11) is -2.93. The van der Waals surface area contributed by atoms with Crippen LogP contribution in [0.15, 0.2) is 35.2 Å². The Labute approximate surface area is 150 Å². The number of rotatable bonds is 4. The molecule has 4 N–H and O–H groups in total. The van der Waals surface area contributed by atoms with Crippen molar-refractivity contribution in [2.45, 2.75) is 9.72 Å². The molecule has 0 aliphatic rings. The van der Waals surface area contributed by atoms with Crippen LogP contribution in [0.25, 0.3) is 10.8 Å². The fourth-order valence-electron chi connectivity index (χ4n) is 1.88. The highest BCUT2D eigenvalue weighted by Gasteiger charge is 2.18. The Kier molecular flexibility index (Phi) is 7.15. The zero-order valence-electron chi connectivity index (χ0n) is 12.0. The van der Waals surface area contributed by atoms with E-state index in [1.807, 2.05) is 0 Å². The third-order valence-corrected chi connectivity index (χ3v) is 5.99. The molecule has 2 aromatic carbocycles. The number of phenolic OH excluding ortho intramolecular Hbond substituents is 1. The summed E-state index contributed by atoms with van der Waals surface area (Å²) in [6.07, 6.45) is 0. The second-order valence-electron chi connectivity index (χ2n) is 4.34. The molecule has 126 valence electrons. The Morgan fingerprint density at radius 2 is 1.87 bits per heavy atom. The number of alkyl halides is 2. The second kappa shape index (κ2) is 8.20. The molecule has 23 heavy (non-hydrogen) atoms. The number of halogens is 2. The van der Waals surface area contributed by atoms with Crippen molar-refractivity contribution in [2.75, 3.05) is 12.4 Å². The molecule has 0 aliphatic heterocycles. The molecule has 0 aromatic heterocycles. The topological polar surface area (TPSA) is 118 Å². The van der Waals surface area contributed by atoms with Crippen LogP contribution in [0, 0.1) is 0 Å². The molecule has 0 heterocycles. The molecule has 0 amide bonds. The third kappa shape index (κ3) is 4.74. The quantitative estimate of drug-likeness (QED) is 0.360. The van der Waals surface area contributed by atoms with Gasteiger partial charge in [0, 0.05) is 22.3 Å². The van der Waals surface area contributed by atoms with Gasteiger partial charge in [-0.2, -0.15) is 8.42 Å². The van der Waals surface area contributed by atoms with Crippen molar-refractivity contribution < 1.29 is 22.9 Å². The minimum absolute atomic E-state index is 0.175. The van der Waals surface area contributed by atoms with Crippen LogP contribution in [0.4, 0.5) is 0 Å². The molecule has 2 rings (SSSR count). The van der Waals surface area contributed by atoms with Gasteiger partial charge in [-0.05, 0) is 30.6 Å². The number of ketones is 1. The summed E-state index contributed by atoms with van der Waals surface area (Å²) in [5, 5.41) is 11.0. The van der Waals surface area contributed by atoms with Gasteiger partial charge in [-0.3, -0.25) is 9.35 Å². The largest absolute Gasteiger partial charge is 0.507 e. The van der Waals surface area contributed by atoms with Gasteiger partial charge < -0.3 is 10.8 Å². The average molecular weight is 469 g/mol. The number of carbonyl (C=O) groups excluding carboxylic acids is 1. The molecule has 0 aliphatic carbocycles. The van der Waals surface area contributed by atoms with Crippen LogP contribution in [-0.4, -0.2) is 41.1 Å². The fourth-order valence-corrected chi connectivity index (χ4v) is 2.97. The van der Waals surface area contributed by atoms with E-state index in [0.717, 1.165) is 6.07 Å². The molecule has 0 bridgehead atoms. The lowest BCUT2D eigenvalue weighted by atomic mass is 10.0. The van der Waals surface area contributed by atoms with Crippen molar-refractivity contribution in [3.63, 3.8) is 0 Å². The van der Waals surface area contributed by atoms with Gasteiger partial charge in [0.1, 0.15) is 5.75 Å². The first-order chi connectivity index (χ1) is 10.7. The smallest absolute Gasteiger partial charge is 0.294 e. The number of Topliss-reactive ketones (excluding diaryl/α,β-unsaturated/α-hetero) is 1. The number of fused-ring (bicyclic) bond motifs is 1. The summed E-state index contributed by atoms with van der Waals surface area (Å²) in [6, 6.07) is 6.72. The molecule has 1 unspecified atom stereocenters. The molecular weight excluding hydrogens is 454 g/mol. The predicted octanol–water partition coefficient (Wildman–Crippen LogP) is 2.71. The molecule has 9 heteroatoms. The van der Waals surface area contributed by atoms with Crippen molar-refractivity contribution in [3.05, 3.63) is 35.9 Å². The van der Waals surface area contributed by atoms with Crippen LogP contribution in [0.5, 0.6) is 5.75 Å². The maximum atomic E-state index is 12.1. The maximum absolute atomic E-state index is 12.1. The molecular formula is C14H15Br2NO5S. The first-order valence-electron chi connectivity index (χ1n) is 6.30. The standard InChI is InChI=1S/C13H10Br2O5S.CH5N/c14-6-11(15)13(17)7-1-2-10-8(3-7)4-9(5-12(10)16)21(18,19)20;1-2/h1-5,11,16H,6H2,(H,18,19,20);2H2,1H3. The van der Waals surface area contributed by atoms with Gasteiger partial charge in [0.05, 0.1) is 9.72 Å². The lowest BCUT2D eigenvalue weighted by molar-refractivity contribution is 0.0997. The Morgan fingerprint density at radius 3 is 2.39 bits per heavy atom. The molecule has 0 spiro atoms. The summed E-state index contributed by atoms with van der Waals surface area (Å²) >= 11 is 6.41. The van der Waals surface area contributed by atoms with E-state index in [1.54, 1.807) is 6.07 Å². The summed E-state index contributed by atoms with van der Waals surface area (Å²) in [5.41, 5.74) is 4.87. The zero-order valence-corrected chi connectivity index (χ0v) is 16.0. The normalized spacial score (nSPS) is 12.4. The summed E-state index contributed by atoms with van der Waals surface area (Å²) in [4.78, 5) is 11.2. The molecule has 1 atom stereocenters. The van der Waals surface area contributed by atoms with Gasteiger partial charge in [0.15, 0.2) is 5.78 Å². The molecule has 0 saturated heterocycles. The number of hydrogen-bond donors (Lipinski definition) is 3. The maximum Gasteiger partial charge on any atom is 0.294 e. The Bertz CT molecular complexity index is 823. The number of phenols is 1. The van der Waals surface area contributed by atoms with E-state index in [0.29, 0.717) is 21.7 Å². The number of benzene rings is 2. The molecule has 0 fully saturated rings. The summed E-state index contributed by atoms with van der Waals surface area (Å²) in [5.74, 6) is -0.458. The molecule has 0 radical (unpaired) electrons. The van der Waals surface area contributed by atoms with Gasteiger partial charge in [-0.25, -0.2) is 0 Å². The first kappa shape index (κ1) is 20.0. The predicted molar refractivity (Wildman–Crippen MR) is 96.4 cm³/mol. The van der Waals surface area contributed by atoms with Crippen molar-refractivity contribution in [1.82, 2.24) is 0 Å². The molecule has 2 aromatic rings. The van der Waals surface area contributed by atoms with Crippen molar-refractivity contribution in [3.8, 4) is 5.75 Å². The van der Waals surface area contributed by atoms with Crippen LogP contribution >= 0.6 is 31.9 Å². The van der Waals surface area contributed by atoms with E-state index >= 15 is 0 Å². The summed E-state index contributed by atoms with van der Waals surface area (Å²) in [6.45, 7) is 0. The minimum Gasteiger partial charge on any atom is -0.507 e. The third-order valence-electron chi connectivity index (χ3n) is 2.91. The zero-order chi connectivity index (χ0) is 17.8. The highest BCUT2D eigenvalue weighted by atomic mass is 79.9. The van der Waals surface area contributed by atoms with Gasteiger partial charge in [-0.15, -0.1) is 0 Å². The van der Waals surface area contributed by atoms with E-state index in [4.69, 9.17) is 4.55 Å². The van der Waals surface area contributed by atoms with E-state index < -0.39 is 19.8 Å². The van der Waals surface area contributed by atoms with Gasteiger partial charge in [-0.1, -0.05) is 37.9 Å². The van der Waals surface area contributed by atoms with Crippen molar-refractivity contribution in [2.24, 2.45) is 5.73 Å². The lowest BCUT2D eigenvalue weighted by Gasteiger charge is -2.08. The van der Waals surface area contributed by atoms with Gasteiger partial charge in [0.25, 0.3) is 10.1 Å². The van der Waals surface area contributed by atoms with Crippen LogP contribution in [0.1, 0.15) is 10.4 Å². The monoisotopic (exact) mass is 467 g/mol. The van der Waals surface area contributed by atoms with Crippen LogP contribution < -0.4 is 5.73 Å². The number of aromatic hydroxyl groups is 1. The molecule has 0 saturated carbocycles. The average Bonchev–Trinajstić information content (AvgIpc) is 2.53. The van der Waals surface area contributed by atoms with Gasteiger partial charge >= 0.3 is 0 Å². The van der Waals surface area contributed by atoms with Crippen LogP contribution in [0.2, 0.25) is 0 Å². The van der Waals surface area contributed by atoms with Crippen molar-refractivity contribution >= 4 is 58.5 Å². The number of carbonyl (C=O) groups is 1. The first-order valence-corrected chi connectivity index (χ1v) is 9.78. The highest BCUT2D eigenvalue weighted by molar-refractivity contribution is 9.12. The van der Waals surface area contributed by atoms with Gasteiger partial charge in [0.2, 0.25) is 0 Å². The van der Waals surface area contributed by atoms with E-state index in [-0.39, 0.29) is 11.5 Å². The van der Waals surface area contributed by atoms with E-state index in [2.05, 4.69) is 37.6 Å². The Morgan fingerprint density at radius 1 is 1.26 bits per heavy atom. The number of nitrogens with two attached hydrogens (primary N) is 1. The minimum atomic E-state index is -4.43. The SMILES string of the molecule is CN.O=C(c1ccc2c(O)cc(S(=O)(=O)O)cc2c1)C(Br)CBr. The van der Waals surface area contributed by atoms with Crippen molar-refractivity contribution in [1.29, 1.82) is 0 Å². The van der Waals surface area contributed by atoms with E-state index in [9.17, 15) is 18.3 Å². The van der Waals surface area contributed by atoms with Crippen LogP contribution in [-0.2, 0) is 10.1 Å². The second-order valence-corrected chi connectivity index (χ2v) is 7.51. The highest BCUT2D eigenvalue weighted by Crippen LogP contribution is 2.30. The Balaban J connectivity index is 0.00000127. The lowest BCUT2D eigenvalue weighted by Crippen LogP contribution is -2.15. The van der Waals surface area contributed by atoms with E-state index in [1.165, 1.54) is 25.2 Å². The van der Waals surface area contributed by atoms with Crippen LogP contribution in [0.3, 0.4) is 0 Å².